The number of hydrogen-bond donors (Lipinski definition) is 1. The Hall–Kier alpha value is -3.10. The van der Waals surface area contributed by atoms with Gasteiger partial charge in [-0.05, 0) is 25.1 Å². The lowest BCUT2D eigenvalue weighted by atomic mass is 10.1. The number of aromatic nitrogens is 1. The summed E-state index contributed by atoms with van der Waals surface area (Å²) in [6.45, 7) is 1.65. The topological polar surface area (TPSA) is 78.9 Å². The molecular weight excluding hydrogens is 326 g/mol. The van der Waals surface area contributed by atoms with E-state index in [0.29, 0.717) is 33.3 Å². The number of benzene rings is 2. The number of carbonyl (C=O) groups is 1. The maximum atomic E-state index is 12.7. The zero-order valence-electron chi connectivity index (χ0n) is 12.7. The van der Waals surface area contributed by atoms with Gasteiger partial charge in [0.15, 0.2) is 0 Å². The number of aryl methyl sites for hydroxylation is 1. The molecule has 0 radical (unpaired) electrons. The van der Waals surface area contributed by atoms with E-state index in [1.165, 1.54) is 0 Å². The number of rotatable bonds is 3. The van der Waals surface area contributed by atoms with Crippen molar-refractivity contribution in [2.75, 3.05) is 5.32 Å². The second-order valence-corrected chi connectivity index (χ2v) is 5.46. The molecule has 3 aromatic rings. The highest BCUT2D eigenvalue weighted by Crippen LogP contribution is 2.31. The molecule has 6 heteroatoms. The standard InChI is InChI=1S/C18H12ClN3O2/c1-11-16(17(22-24-11)13-7-3-4-8-14(13)19)18(23)21-15-9-5-2-6-12(15)10-20/h2-9H,1H3,(H,21,23). The van der Waals surface area contributed by atoms with Crippen molar-refractivity contribution >= 4 is 23.2 Å². The summed E-state index contributed by atoms with van der Waals surface area (Å²) in [6, 6.07) is 15.9. The van der Waals surface area contributed by atoms with Crippen molar-refractivity contribution in [2.24, 2.45) is 0 Å². The van der Waals surface area contributed by atoms with Gasteiger partial charge in [-0.2, -0.15) is 5.26 Å². The summed E-state index contributed by atoms with van der Waals surface area (Å²) in [5, 5.41) is 16.3. The molecule has 0 spiro atoms. The zero-order valence-corrected chi connectivity index (χ0v) is 13.5. The van der Waals surface area contributed by atoms with E-state index in [-0.39, 0.29) is 5.56 Å². The van der Waals surface area contributed by atoms with Gasteiger partial charge in [0.1, 0.15) is 23.1 Å². The van der Waals surface area contributed by atoms with Gasteiger partial charge in [0.05, 0.1) is 16.3 Å². The lowest BCUT2D eigenvalue weighted by molar-refractivity contribution is 0.102. The van der Waals surface area contributed by atoms with E-state index in [1.807, 2.05) is 6.07 Å². The largest absolute Gasteiger partial charge is 0.360 e. The van der Waals surface area contributed by atoms with Gasteiger partial charge in [0.25, 0.3) is 5.91 Å². The molecule has 0 saturated heterocycles. The van der Waals surface area contributed by atoms with Crippen molar-refractivity contribution in [1.82, 2.24) is 5.16 Å². The van der Waals surface area contributed by atoms with Crippen molar-refractivity contribution in [3.63, 3.8) is 0 Å². The van der Waals surface area contributed by atoms with Gasteiger partial charge in [-0.3, -0.25) is 4.79 Å². The molecule has 0 saturated carbocycles. The highest BCUT2D eigenvalue weighted by Gasteiger charge is 2.23. The molecule has 1 amide bonds. The molecule has 0 atom stereocenters. The van der Waals surface area contributed by atoms with Crippen LogP contribution in [0.5, 0.6) is 0 Å². The van der Waals surface area contributed by atoms with Gasteiger partial charge >= 0.3 is 0 Å². The zero-order chi connectivity index (χ0) is 17.1. The molecule has 118 valence electrons. The van der Waals surface area contributed by atoms with Gasteiger partial charge < -0.3 is 9.84 Å². The number of amides is 1. The van der Waals surface area contributed by atoms with Gasteiger partial charge in [-0.25, -0.2) is 0 Å². The summed E-state index contributed by atoms with van der Waals surface area (Å²) in [5.41, 5.74) is 2.06. The Morgan fingerprint density at radius 3 is 2.67 bits per heavy atom. The number of anilines is 1. The molecule has 0 bridgehead atoms. The van der Waals surface area contributed by atoms with Crippen LogP contribution in [0.3, 0.4) is 0 Å². The smallest absolute Gasteiger partial charge is 0.261 e. The molecule has 0 fully saturated rings. The third-order valence-electron chi connectivity index (χ3n) is 3.51. The monoisotopic (exact) mass is 337 g/mol. The molecule has 0 aliphatic carbocycles. The summed E-state index contributed by atoms with van der Waals surface area (Å²) in [7, 11) is 0. The van der Waals surface area contributed by atoms with Crippen LogP contribution in [0.4, 0.5) is 5.69 Å². The minimum atomic E-state index is -0.411. The van der Waals surface area contributed by atoms with E-state index in [2.05, 4.69) is 10.5 Å². The van der Waals surface area contributed by atoms with Crippen LogP contribution in [0.25, 0.3) is 11.3 Å². The van der Waals surface area contributed by atoms with Gasteiger partial charge in [-0.15, -0.1) is 0 Å². The fourth-order valence-corrected chi connectivity index (χ4v) is 2.58. The molecule has 0 aliphatic rings. The molecule has 1 heterocycles. The Morgan fingerprint density at radius 1 is 1.21 bits per heavy atom. The minimum absolute atomic E-state index is 0.288. The molecule has 1 N–H and O–H groups in total. The van der Waals surface area contributed by atoms with Crippen molar-refractivity contribution < 1.29 is 9.32 Å². The van der Waals surface area contributed by atoms with E-state index >= 15 is 0 Å². The van der Waals surface area contributed by atoms with Crippen molar-refractivity contribution in [2.45, 2.75) is 6.92 Å². The molecule has 2 aromatic carbocycles. The number of nitriles is 1. The third kappa shape index (κ3) is 2.87. The number of carbonyl (C=O) groups excluding carboxylic acids is 1. The van der Waals surface area contributed by atoms with Crippen LogP contribution in [0.2, 0.25) is 5.02 Å². The molecule has 24 heavy (non-hydrogen) atoms. The van der Waals surface area contributed by atoms with Crippen molar-refractivity contribution in [3.05, 3.63) is 70.4 Å². The highest BCUT2D eigenvalue weighted by molar-refractivity contribution is 6.33. The Morgan fingerprint density at radius 2 is 1.92 bits per heavy atom. The first-order valence-corrected chi connectivity index (χ1v) is 7.51. The average Bonchev–Trinajstić information content (AvgIpc) is 2.97. The van der Waals surface area contributed by atoms with Crippen molar-refractivity contribution in [1.29, 1.82) is 5.26 Å². The first kappa shape index (κ1) is 15.8. The molecule has 1 aromatic heterocycles. The summed E-state index contributed by atoms with van der Waals surface area (Å²) < 4.78 is 5.19. The number of nitrogens with zero attached hydrogens (tertiary/aromatic N) is 2. The van der Waals surface area contributed by atoms with E-state index < -0.39 is 5.91 Å². The van der Waals surface area contributed by atoms with Gasteiger partial charge in [-0.1, -0.05) is 47.1 Å². The fourth-order valence-electron chi connectivity index (χ4n) is 2.35. The quantitative estimate of drug-likeness (QED) is 0.766. The van der Waals surface area contributed by atoms with Gasteiger partial charge in [0.2, 0.25) is 0 Å². The van der Waals surface area contributed by atoms with E-state index in [1.54, 1.807) is 55.5 Å². The molecule has 0 aliphatic heterocycles. The van der Waals surface area contributed by atoms with Crippen LogP contribution in [0.1, 0.15) is 21.7 Å². The maximum absolute atomic E-state index is 12.7. The van der Waals surface area contributed by atoms with Crippen LogP contribution < -0.4 is 5.32 Å². The van der Waals surface area contributed by atoms with E-state index in [0.717, 1.165) is 0 Å². The first-order valence-electron chi connectivity index (χ1n) is 7.13. The predicted octanol–water partition coefficient (Wildman–Crippen LogP) is 4.43. The molecule has 3 rings (SSSR count). The number of hydrogen-bond acceptors (Lipinski definition) is 4. The van der Waals surface area contributed by atoms with Crippen LogP contribution in [-0.4, -0.2) is 11.1 Å². The predicted molar refractivity (Wildman–Crippen MR) is 90.8 cm³/mol. The Bertz CT molecular complexity index is 957. The minimum Gasteiger partial charge on any atom is -0.360 e. The number of para-hydroxylation sites is 1. The maximum Gasteiger partial charge on any atom is 0.261 e. The fraction of sp³-hybridized carbons (Fsp3) is 0.0556. The summed E-state index contributed by atoms with van der Waals surface area (Å²) >= 11 is 6.20. The summed E-state index contributed by atoms with van der Waals surface area (Å²) in [4.78, 5) is 12.7. The normalized spacial score (nSPS) is 10.2. The third-order valence-corrected chi connectivity index (χ3v) is 3.84. The van der Waals surface area contributed by atoms with Crippen LogP contribution >= 0.6 is 11.6 Å². The van der Waals surface area contributed by atoms with E-state index in [9.17, 15) is 4.79 Å². The second-order valence-electron chi connectivity index (χ2n) is 5.05. The lowest BCUT2D eigenvalue weighted by Crippen LogP contribution is -2.14. The summed E-state index contributed by atoms with van der Waals surface area (Å²) in [5.74, 6) is -0.0387. The van der Waals surface area contributed by atoms with Crippen LogP contribution in [0, 0.1) is 18.3 Å². The first-order chi connectivity index (χ1) is 11.6. The van der Waals surface area contributed by atoms with Crippen LogP contribution in [-0.2, 0) is 0 Å². The Labute approximate surface area is 143 Å². The molecule has 5 nitrogen and oxygen atoms in total. The van der Waals surface area contributed by atoms with Crippen molar-refractivity contribution in [3.8, 4) is 17.3 Å². The van der Waals surface area contributed by atoms with Crippen LogP contribution in [0.15, 0.2) is 53.1 Å². The lowest BCUT2D eigenvalue weighted by Gasteiger charge is -2.08. The van der Waals surface area contributed by atoms with Gasteiger partial charge in [0, 0.05) is 5.56 Å². The average molecular weight is 338 g/mol. The number of nitrogens with one attached hydrogen (secondary N) is 1. The Kier molecular flexibility index (Phi) is 4.32. The second kappa shape index (κ2) is 6.57. The highest BCUT2D eigenvalue weighted by atomic mass is 35.5. The molecular formula is C18H12ClN3O2. The van der Waals surface area contributed by atoms with E-state index in [4.69, 9.17) is 21.4 Å². The Balaban J connectivity index is 2.02. The molecule has 0 unspecified atom stereocenters. The summed E-state index contributed by atoms with van der Waals surface area (Å²) in [6.07, 6.45) is 0. The number of halogens is 1. The SMILES string of the molecule is Cc1onc(-c2ccccc2Cl)c1C(=O)Nc1ccccc1C#N.